The molecule has 3 rings (SSSR count). The van der Waals surface area contributed by atoms with E-state index in [9.17, 15) is 14.0 Å². The van der Waals surface area contributed by atoms with E-state index in [1.54, 1.807) is 35.4 Å². The molecule has 1 unspecified atom stereocenters. The minimum Gasteiger partial charge on any atom is -0.342 e. The Morgan fingerprint density at radius 1 is 1.15 bits per heavy atom. The van der Waals surface area contributed by atoms with Gasteiger partial charge in [0.1, 0.15) is 5.82 Å². The van der Waals surface area contributed by atoms with Crippen molar-refractivity contribution in [2.24, 2.45) is 0 Å². The average Bonchev–Trinajstić information content (AvgIpc) is 2.66. The molecule has 1 fully saturated rings. The van der Waals surface area contributed by atoms with Gasteiger partial charge in [-0.1, -0.05) is 31.0 Å². The Bertz CT molecular complexity index is 782. The molecule has 0 bridgehead atoms. The van der Waals surface area contributed by atoms with Crippen LogP contribution in [0.25, 0.3) is 0 Å². The van der Waals surface area contributed by atoms with Crippen LogP contribution in [0.1, 0.15) is 49.4 Å². The normalized spacial score (nSPS) is 16.3. The fourth-order valence-corrected chi connectivity index (χ4v) is 3.32. The lowest BCUT2D eigenvalue weighted by Crippen LogP contribution is -2.43. The number of aromatic nitrogens is 1. The third kappa shape index (κ3) is 5.36. The summed E-state index contributed by atoms with van der Waals surface area (Å²) in [5.41, 5.74) is 1.23. The molecule has 1 aliphatic heterocycles. The number of halogens is 1. The van der Waals surface area contributed by atoms with Crippen LogP contribution in [-0.4, -0.2) is 34.8 Å². The number of likely N-dealkylation sites (tertiary alicyclic amines) is 1. The first-order chi connectivity index (χ1) is 13.1. The second kappa shape index (κ2) is 9.26. The van der Waals surface area contributed by atoms with Gasteiger partial charge in [-0.2, -0.15) is 0 Å². The molecular formula is C21H24FN3O2. The van der Waals surface area contributed by atoms with Gasteiger partial charge < -0.3 is 10.2 Å². The second-order valence-corrected chi connectivity index (χ2v) is 6.79. The molecule has 1 atom stereocenters. The SMILES string of the molecule is O=C(CN1CCCCCCC1=O)NC(c1cccc(F)c1)c1ccccn1. The molecule has 27 heavy (non-hydrogen) atoms. The Kier molecular flexibility index (Phi) is 6.52. The summed E-state index contributed by atoms with van der Waals surface area (Å²) < 4.78 is 13.7. The van der Waals surface area contributed by atoms with Crippen molar-refractivity contribution in [1.82, 2.24) is 15.2 Å². The van der Waals surface area contributed by atoms with Gasteiger partial charge in [0.05, 0.1) is 18.3 Å². The molecule has 5 nitrogen and oxygen atoms in total. The Morgan fingerprint density at radius 3 is 2.78 bits per heavy atom. The maximum Gasteiger partial charge on any atom is 0.240 e. The molecule has 6 heteroatoms. The largest absolute Gasteiger partial charge is 0.342 e. The molecule has 2 aromatic rings. The monoisotopic (exact) mass is 369 g/mol. The van der Waals surface area contributed by atoms with Gasteiger partial charge in [0.25, 0.3) is 0 Å². The summed E-state index contributed by atoms with van der Waals surface area (Å²) in [5, 5.41) is 2.92. The standard InChI is InChI=1S/C21H24FN3O2/c22-17-9-7-8-16(14-17)21(18-10-4-5-12-23-18)24-19(26)15-25-13-6-2-1-3-11-20(25)27/h4-5,7-10,12,14,21H,1-3,6,11,13,15H2,(H,24,26). The van der Waals surface area contributed by atoms with Gasteiger partial charge in [-0.15, -0.1) is 0 Å². The smallest absolute Gasteiger partial charge is 0.240 e. The highest BCUT2D eigenvalue weighted by atomic mass is 19.1. The number of hydrogen-bond donors (Lipinski definition) is 1. The van der Waals surface area contributed by atoms with Crippen LogP contribution in [0.2, 0.25) is 0 Å². The number of pyridine rings is 1. The zero-order chi connectivity index (χ0) is 19.1. The Hall–Kier alpha value is -2.76. The Balaban J connectivity index is 1.75. The van der Waals surface area contributed by atoms with Crippen LogP contribution in [0.4, 0.5) is 4.39 Å². The predicted octanol–water partition coefficient (Wildman–Crippen LogP) is 3.22. The van der Waals surface area contributed by atoms with E-state index in [0.717, 1.165) is 25.7 Å². The molecule has 1 aromatic heterocycles. The van der Waals surface area contributed by atoms with Gasteiger partial charge in [-0.3, -0.25) is 14.6 Å². The van der Waals surface area contributed by atoms with E-state index in [-0.39, 0.29) is 24.2 Å². The lowest BCUT2D eigenvalue weighted by molar-refractivity contribution is -0.136. The average molecular weight is 369 g/mol. The molecule has 0 spiro atoms. The van der Waals surface area contributed by atoms with E-state index < -0.39 is 6.04 Å². The van der Waals surface area contributed by atoms with E-state index in [1.165, 1.54) is 12.1 Å². The Labute approximate surface area is 158 Å². The minimum atomic E-state index is -0.570. The van der Waals surface area contributed by atoms with Crippen LogP contribution in [0.15, 0.2) is 48.7 Å². The number of rotatable bonds is 5. The number of nitrogens with zero attached hydrogens (tertiary/aromatic N) is 2. The molecular weight excluding hydrogens is 345 g/mol. The first-order valence-corrected chi connectivity index (χ1v) is 9.37. The molecule has 0 aliphatic carbocycles. The molecule has 1 N–H and O–H groups in total. The quantitative estimate of drug-likeness (QED) is 0.880. The van der Waals surface area contributed by atoms with Crippen LogP contribution in [0.3, 0.4) is 0 Å². The van der Waals surface area contributed by atoms with Crippen molar-refractivity contribution in [2.45, 2.75) is 38.1 Å². The molecule has 142 valence electrons. The van der Waals surface area contributed by atoms with E-state index in [1.807, 2.05) is 6.07 Å². The molecule has 1 aliphatic rings. The van der Waals surface area contributed by atoms with Crippen LogP contribution in [0, 0.1) is 5.82 Å². The lowest BCUT2D eigenvalue weighted by atomic mass is 10.0. The summed E-state index contributed by atoms with van der Waals surface area (Å²) in [6, 6.07) is 10.9. The van der Waals surface area contributed by atoms with Crippen LogP contribution in [-0.2, 0) is 9.59 Å². The highest BCUT2D eigenvalue weighted by molar-refractivity contribution is 5.85. The third-order valence-electron chi connectivity index (χ3n) is 4.73. The maximum atomic E-state index is 13.7. The number of carbonyl (C=O) groups is 2. The number of carbonyl (C=O) groups excluding carboxylic acids is 2. The summed E-state index contributed by atoms with van der Waals surface area (Å²) in [4.78, 5) is 30.9. The summed E-state index contributed by atoms with van der Waals surface area (Å²) >= 11 is 0. The Morgan fingerprint density at radius 2 is 2.00 bits per heavy atom. The molecule has 2 heterocycles. The van der Waals surface area contributed by atoms with Crippen LogP contribution >= 0.6 is 0 Å². The first kappa shape index (κ1) is 19.0. The van der Waals surface area contributed by atoms with Crippen molar-refractivity contribution in [2.75, 3.05) is 13.1 Å². The van der Waals surface area contributed by atoms with Gasteiger partial charge >= 0.3 is 0 Å². The molecule has 1 aromatic carbocycles. The minimum absolute atomic E-state index is 0.0114. The topological polar surface area (TPSA) is 62.3 Å². The highest BCUT2D eigenvalue weighted by Crippen LogP contribution is 2.21. The molecule has 0 radical (unpaired) electrons. The van der Waals surface area contributed by atoms with Crippen molar-refractivity contribution in [3.05, 3.63) is 65.7 Å². The first-order valence-electron chi connectivity index (χ1n) is 9.37. The summed E-state index contributed by atoms with van der Waals surface area (Å²) in [6.45, 7) is 0.609. The van der Waals surface area contributed by atoms with Gasteiger partial charge in [0.15, 0.2) is 0 Å². The summed E-state index contributed by atoms with van der Waals surface area (Å²) in [7, 11) is 0. The van der Waals surface area contributed by atoms with E-state index >= 15 is 0 Å². The van der Waals surface area contributed by atoms with Crippen molar-refractivity contribution in [3.63, 3.8) is 0 Å². The predicted molar refractivity (Wildman–Crippen MR) is 100 cm³/mol. The number of amides is 2. The third-order valence-corrected chi connectivity index (χ3v) is 4.73. The van der Waals surface area contributed by atoms with Gasteiger partial charge in [-0.25, -0.2) is 4.39 Å². The van der Waals surface area contributed by atoms with E-state index in [4.69, 9.17) is 0 Å². The zero-order valence-electron chi connectivity index (χ0n) is 15.2. The van der Waals surface area contributed by atoms with Gasteiger partial charge in [0.2, 0.25) is 11.8 Å². The fraction of sp³-hybridized carbons (Fsp3) is 0.381. The number of nitrogens with one attached hydrogen (secondary N) is 1. The molecule has 2 amide bonds. The second-order valence-electron chi connectivity index (χ2n) is 6.79. The zero-order valence-corrected chi connectivity index (χ0v) is 15.2. The van der Waals surface area contributed by atoms with Crippen molar-refractivity contribution in [3.8, 4) is 0 Å². The summed E-state index contributed by atoms with van der Waals surface area (Å²) in [6.07, 6.45) is 6.04. The maximum absolute atomic E-state index is 13.7. The molecule has 0 saturated carbocycles. The summed E-state index contributed by atoms with van der Waals surface area (Å²) in [5.74, 6) is -0.629. The van der Waals surface area contributed by atoms with Gasteiger partial charge in [0, 0.05) is 19.2 Å². The molecule has 1 saturated heterocycles. The fourth-order valence-electron chi connectivity index (χ4n) is 3.32. The van der Waals surface area contributed by atoms with E-state index in [0.29, 0.717) is 24.2 Å². The van der Waals surface area contributed by atoms with Crippen LogP contribution < -0.4 is 5.32 Å². The van der Waals surface area contributed by atoms with Crippen molar-refractivity contribution < 1.29 is 14.0 Å². The van der Waals surface area contributed by atoms with E-state index in [2.05, 4.69) is 10.3 Å². The number of hydrogen-bond acceptors (Lipinski definition) is 3. The van der Waals surface area contributed by atoms with Crippen molar-refractivity contribution in [1.29, 1.82) is 0 Å². The number of benzene rings is 1. The van der Waals surface area contributed by atoms with Crippen molar-refractivity contribution >= 4 is 11.8 Å². The van der Waals surface area contributed by atoms with Gasteiger partial charge in [-0.05, 0) is 42.7 Å². The van der Waals surface area contributed by atoms with Crippen LogP contribution in [0.5, 0.6) is 0 Å². The lowest BCUT2D eigenvalue weighted by Gasteiger charge is -2.26. The highest BCUT2D eigenvalue weighted by Gasteiger charge is 2.22.